The summed E-state index contributed by atoms with van der Waals surface area (Å²) in [5, 5.41) is 6.41. The summed E-state index contributed by atoms with van der Waals surface area (Å²) in [6, 6.07) is 0.519. The van der Waals surface area contributed by atoms with Crippen LogP contribution in [0.3, 0.4) is 0 Å². The molecule has 2 saturated heterocycles. The number of urea groups is 1. The van der Waals surface area contributed by atoms with Crippen molar-refractivity contribution >= 4 is 23.8 Å². The summed E-state index contributed by atoms with van der Waals surface area (Å²) >= 11 is 1.92. The number of thioether (sulfide) groups is 1. The Kier molecular flexibility index (Phi) is 6.01. The fourth-order valence-electron chi connectivity index (χ4n) is 2.66. The Hall–Kier alpha value is -0.910. The monoisotopic (exact) mass is 300 g/mol. The highest BCUT2D eigenvalue weighted by Gasteiger charge is 2.42. The van der Waals surface area contributed by atoms with Crippen LogP contribution in [0.1, 0.15) is 45.4 Å². The lowest BCUT2D eigenvalue weighted by atomic mass is 10.0. The Labute approximate surface area is 124 Å². The first-order valence-electron chi connectivity index (χ1n) is 7.55. The average Bonchev–Trinajstić information content (AvgIpc) is 2.95. The van der Waals surface area contributed by atoms with E-state index in [1.165, 1.54) is 0 Å². The molecule has 20 heavy (non-hydrogen) atoms. The van der Waals surface area contributed by atoms with Gasteiger partial charge in [0.25, 0.3) is 0 Å². The molecule has 2 amide bonds. The fourth-order valence-corrected chi connectivity index (χ4v) is 4.20. The highest BCUT2D eigenvalue weighted by atomic mass is 32.2. The number of carbonyl (C=O) groups excluding carboxylic acids is 2. The normalized spacial score (nSPS) is 27.9. The van der Waals surface area contributed by atoms with Crippen molar-refractivity contribution in [2.75, 3.05) is 12.4 Å². The van der Waals surface area contributed by atoms with E-state index >= 15 is 0 Å². The molecular weight excluding hydrogens is 276 g/mol. The number of hydrogen-bond acceptors (Lipinski definition) is 4. The van der Waals surface area contributed by atoms with Crippen LogP contribution in [-0.4, -0.2) is 41.7 Å². The Morgan fingerprint density at radius 2 is 2.20 bits per heavy atom. The molecule has 0 saturated carbocycles. The molecule has 0 spiro atoms. The topological polar surface area (TPSA) is 67.4 Å². The van der Waals surface area contributed by atoms with E-state index in [1.54, 1.807) is 0 Å². The molecule has 2 heterocycles. The standard InChI is InChI=1S/C14H24N2O3S/c1-2-3-8-19-12(17)7-5-4-6-11-13-10(9-20-11)15-14(18)16-13/h10-11,13H,2-9H2,1H3,(H2,15,16,18)/t10-,11-,13-/m0/s1. The molecule has 0 aromatic carbocycles. The van der Waals surface area contributed by atoms with Crippen LogP contribution in [0.2, 0.25) is 0 Å². The summed E-state index contributed by atoms with van der Waals surface area (Å²) in [4.78, 5) is 22.7. The third-order valence-corrected chi connectivity index (χ3v) is 5.33. The van der Waals surface area contributed by atoms with Crippen LogP contribution in [0.25, 0.3) is 0 Å². The van der Waals surface area contributed by atoms with Gasteiger partial charge in [0.15, 0.2) is 0 Å². The molecule has 2 N–H and O–H groups in total. The maximum Gasteiger partial charge on any atom is 0.315 e. The maximum absolute atomic E-state index is 11.4. The maximum atomic E-state index is 11.4. The zero-order valence-corrected chi connectivity index (χ0v) is 12.8. The van der Waals surface area contributed by atoms with Gasteiger partial charge < -0.3 is 15.4 Å². The third-order valence-electron chi connectivity index (χ3n) is 3.82. The molecule has 6 heteroatoms. The molecule has 2 fully saturated rings. The molecule has 0 bridgehead atoms. The largest absolute Gasteiger partial charge is 0.466 e. The van der Waals surface area contributed by atoms with Gasteiger partial charge in [-0.2, -0.15) is 11.8 Å². The lowest BCUT2D eigenvalue weighted by Gasteiger charge is -2.16. The van der Waals surface area contributed by atoms with E-state index in [0.29, 0.717) is 18.3 Å². The highest BCUT2D eigenvalue weighted by Crippen LogP contribution is 2.33. The number of ether oxygens (including phenoxy) is 1. The number of nitrogens with one attached hydrogen (secondary N) is 2. The van der Waals surface area contributed by atoms with Crippen molar-refractivity contribution in [2.45, 2.75) is 62.8 Å². The number of amides is 2. The SMILES string of the molecule is CCCCOC(=O)CCCC[C@@H]1SC[C@@H]2NC(=O)N[C@@H]21. The van der Waals surface area contributed by atoms with Crippen molar-refractivity contribution in [3.8, 4) is 0 Å². The van der Waals surface area contributed by atoms with Crippen molar-refractivity contribution in [1.29, 1.82) is 0 Å². The molecule has 3 atom stereocenters. The molecular formula is C14H24N2O3S. The summed E-state index contributed by atoms with van der Waals surface area (Å²) in [7, 11) is 0. The Bertz CT molecular complexity index is 351. The van der Waals surface area contributed by atoms with E-state index < -0.39 is 0 Å². The van der Waals surface area contributed by atoms with Crippen LogP contribution in [0.4, 0.5) is 4.79 Å². The Balaban J connectivity index is 1.55. The Morgan fingerprint density at radius 3 is 3.00 bits per heavy atom. The summed E-state index contributed by atoms with van der Waals surface area (Å²) < 4.78 is 5.13. The number of carbonyl (C=O) groups is 2. The smallest absolute Gasteiger partial charge is 0.315 e. The van der Waals surface area contributed by atoms with Crippen LogP contribution in [0.5, 0.6) is 0 Å². The molecule has 0 radical (unpaired) electrons. The lowest BCUT2D eigenvalue weighted by Crippen LogP contribution is -2.36. The minimum Gasteiger partial charge on any atom is -0.466 e. The number of esters is 1. The summed E-state index contributed by atoms with van der Waals surface area (Å²) in [5.74, 6) is 0.916. The van der Waals surface area contributed by atoms with Gasteiger partial charge in [-0.1, -0.05) is 19.8 Å². The quantitative estimate of drug-likeness (QED) is 0.409. The minimum absolute atomic E-state index is 0.0372. The van der Waals surface area contributed by atoms with Gasteiger partial charge in [-0.3, -0.25) is 4.79 Å². The second kappa shape index (κ2) is 7.76. The Morgan fingerprint density at radius 1 is 1.35 bits per heavy atom. The number of fused-ring (bicyclic) bond motifs is 1. The number of rotatable bonds is 8. The van der Waals surface area contributed by atoms with Crippen LogP contribution in [-0.2, 0) is 9.53 Å². The van der Waals surface area contributed by atoms with E-state index in [-0.39, 0.29) is 24.1 Å². The summed E-state index contributed by atoms with van der Waals surface area (Å²) in [5.41, 5.74) is 0. The number of unbranched alkanes of at least 4 members (excludes halogenated alkanes) is 2. The van der Waals surface area contributed by atoms with Gasteiger partial charge in [-0.05, 0) is 19.3 Å². The van der Waals surface area contributed by atoms with Gasteiger partial charge >= 0.3 is 12.0 Å². The minimum atomic E-state index is -0.0776. The van der Waals surface area contributed by atoms with E-state index in [2.05, 4.69) is 17.6 Å². The fraction of sp³-hybridized carbons (Fsp3) is 0.857. The molecule has 0 unspecified atom stereocenters. The van der Waals surface area contributed by atoms with Crippen molar-refractivity contribution in [3.05, 3.63) is 0 Å². The number of hydrogen-bond donors (Lipinski definition) is 2. The van der Waals surface area contributed by atoms with Gasteiger partial charge in [0.05, 0.1) is 18.7 Å². The van der Waals surface area contributed by atoms with Crippen LogP contribution < -0.4 is 10.6 Å². The van der Waals surface area contributed by atoms with Gasteiger partial charge in [-0.15, -0.1) is 0 Å². The van der Waals surface area contributed by atoms with Gasteiger partial charge in [-0.25, -0.2) is 4.79 Å². The van der Waals surface area contributed by atoms with E-state index in [4.69, 9.17) is 4.74 Å². The molecule has 0 aromatic heterocycles. The predicted octanol–water partition coefficient (Wildman–Crippen LogP) is 2.06. The van der Waals surface area contributed by atoms with E-state index in [0.717, 1.165) is 37.9 Å². The van der Waals surface area contributed by atoms with Gasteiger partial charge in [0.1, 0.15) is 0 Å². The molecule has 5 nitrogen and oxygen atoms in total. The third kappa shape index (κ3) is 4.30. The van der Waals surface area contributed by atoms with Gasteiger partial charge in [0.2, 0.25) is 0 Å². The van der Waals surface area contributed by atoms with Crippen molar-refractivity contribution < 1.29 is 14.3 Å². The second-order valence-corrected chi connectivity index (χ2v) is 6.71. The van der Waals surface area contributed by atoms with Crippen molar-refractivity contribution in [3.63, 3.8) is 0 Å². The first kappa shape index (κ1) is 15.5. The van der Waals surface area contributed by atoms with E-state index in [1.807, 2.05) is 11.8 Å². The first-order valence-corrected chi connectivity index (χ1v) is 8.60. The highest BCUT2D eigenvalue weighted by molar-refractivity contribution is 8.00. The zero-order valence-electron chi connectivity index (χ0n) is 12.0. The van der Waals surface area contributed by atoms with Crippen LogP contribution >= 0.6 is 11.8 Å². The summed E-state index contributed by atoms with van der Waals surface area (Å²) in [6.07, 6.45) is 5.45. The lowest BCUT2D eigenvalue weighted by molar-refractivity contribution is -0.143. The average molecular weight is 300 g/mol. The molecule has 2 rings (SSSR count). The molecule has 2 aliphatic rings. The zero-order chi connectivity index (χ0) is 14.4. The molecule has 2 aliphatic heterocycles. The summed E-state index contributed by atoms with van der Waals surface area (Å²) in [6.45, 7) is 2.63. The molecule has 0 aromatic rings. The first-order chi connectivity index (χ1) is 9.70. The second-order valence-electron chi connectivity index (χ2n) is 5.44. The van der Waals surface area contributed by atoms with Crippen LogP contribution in [0, 0.1) is 0 Å². The van der Waals surface area contributed by atoms with Crippen LogP contribution in [0.15, 0.2) is 0 Å². The predicted molar refractivity (Wildman–Crippen MR) is 79.8 cm³/mol. The van der Waals surface area contributed by atoms with Crippen molar-refractivity contribution in [2.24, 2.45) is 0 Å². The van der Waals surface area contributed by atoms with Gasteiger partial charge in [0, 0.05) is 17.4 Å². The molecule has 114 valence electrons. The van der Waals surface area contributed by atoms with Crippen molar-refractivity contribution in [1.82, 2.24) is 10.6 Å². The van der Waals surface area contributed by atoms with E-state index in [9.17, 15) is 9.59 Å². The molecule has 0 aliphatic carbocycles.